The van der Waals surface area contributed by atoms with Crippen LogP contribution in [-0.4, -0.2) is 65.1 Å². The first-order chi connectivity index (χ1) is 14.1. The van der Waals surface area contributed by atoms with Gasteiger partial charge >= 0.3 is 5.69 Å². The number of aromatic nitrogens is 2. The van der Waals surface area contributed by atoms with Gasteiger partial charge in [0, 0.05) is 26.2 Å². The number of benzene rings is 1. The van der Waals surface area contributed by atoms with E-state index in [1.54, 1.807) is 18.2 Å². The molecule has 1 aromatic carbocycles. The zero-order chi connectivity index (χ0) is 20.6. The van der Waals surface area contributed by atoms with Crippen molar-refractivity contribution in [3.8, 4) is 0 Å². The number of hydrazine groups is 1. The quantitative estimate of drug-likeness (QED) is 0.428. The van der Waals surface area contributed by atoms with E-state index in [4.69, 9.17) is 16.3 Å². The van der Waals surface area contributed by atoms with Crippen molar-refractivity contribution in [2.45, 2.75) is 0 Å². The molecule has 3 N–H and O–H groups in total. The number of carbonyl (C=O) groups excluding carboxylic acids is 1. The minimum absolute atomic E-state index is 0.0627. The first-order valence-corrected chi connectivity index (χ1v) is 9.28. The van der Waals surface area contributed by atoms with Crippen LogP contribution in [0.2, 0.25) is 5.02 Å². The zero-order valence-electron chi connectivity index (χ0n) is 15.4. The van der Waals surface area contributed by atoms with Crippen LogP contribution in [0, 0.1) is 10.1 Å². The highest BCUT2D eigenvalue weighted by Gasteiger charge is 2.24. The molecular weight excluding hydrogens is 402 g/mol. The van der Waals surface area contributed by atoms with Crippen molar-refractivity contribution in [1.29, 1.82) is 0 Å². The number of hydrogen-bond acceptors (Lipinski definition) is 9. The van der Waals surface area contributed by atoms with Crippen LogP contribution < -0.4 is 16.2 Å². The summed E-state index contributed by atoms with van der Waals surface area (Å²) in [6.07, 6.45) is 1.17. The lowest BCUT2D eigenvalue weighted by Gasteiger charge is -2.26. The Morgan fingerprint density at radius 1 is 1.24 bits per heavy atom. The number of nitro groups is 1. The zero-order valence-corrected chi connectivity index (χ0v) is 16.2. The van der Waals surface area contributed by atoms with E-state index in [1.165, 1.54) is 12.4 Å². The van der Waals surface area contributed by atoms with Crippen molar-refractivity contribution in [3.63, 3.8) is 0 Å². The molecule has 0 spiro atoms. The van der Waals surface area contributed by atoms with Gasteiger partial charge in [-0.1, -0.05) is 23.7 Å². The van der Waals surface area contributed by atoms with Gasteiger partial charge in [-0.3, -0.25) is 30.7 Å². The molecule has 0 aliphatic carbocycles. The van der Waals surface area contributed by atoms with Crippen molar-refractivity contribution in [2.75, 3.05) is 50.1 Å². The highest BCUT2D eigenvalue weighted by atomic mass is 35.5. The minimum atomic E-state index is -0.610. The number of anilines is 2. The highest BCUT2D eigenvalue weighted by Crippen LogP contribution is 2.28. The van der Waals surface area contributed by atoms with Crippen LogP contribution in [0.4, 0.5) is 17.3 Å². The summed E-state index contributed by atoms with van der Waals surface area (Å²) in [4.78, 5) is 33.2. The van der Waals surface area contributed by atoms with E-state index >= 15 is 0 Å². The molecule has 12 heteroatoms. The van der Waals surface area contributed by atoms with Crippen molar-refractivity contribution < 1.29 is 14.5 Å². The fourth-order valence-corrected chi connectivity index (χ4v) is 2.98. The molecule has 2 heterocycles. The third kappa shape index (κ3) is 5.50. The summed E-state index contributed by atoms with van der Waals surface area (Å²) in [6.45, 7) is 4.13. The molecule has 1 aromatic heterocycles. The molecule has 154 valence electrons. The lowest BCUT2D eigenvalue weighted by Crippen LogP contribution is -2.39. The molecular formula is C17H20ClN7O4. The highest BCUT2D eigenvalue weighted by molar-refractivity contribution is 6.33. The fourth-order valence-electron chi connectivity index (χ4n) is 2.76. The van der Waals surface area contributed by atoms with Crippen LogP contribution >= 0.6 is 11.6 Å². The predicted molar refractivity (Wildman–Crippen MR) is 107 cm³/mol. The van der Waals surface area contributed by atoms with Crippen molar-refractivity contribution >= 4 is 34.8 Å². The van der Waals surface area contributed by atoms with E-state index in [9.17, 15) is 14.9 Å². The SMILES string of the molecule is O=C(NNc1ncnc(NCCN2CCOCC2)c1[N+](=O)[O-])c1ccccc1Cl. The monoisotopic (exact) mass is 421 g/mol. The van der Waals surface area contributed by atoms with Crippen LogP contribution in [0.3, 0.4) is 0 Å². The Bertz CT molecular complexity index is 877. The number of rotatable bonds is 8. The summed E-state index contributed by atoms with van der Waals surface area (Å²) < 4.78 is 5.29. The largest absolute Gasteiger partial charge is 0.379 e. The van der Waals surface area contributed by atoms with Crippen LogP contribution in [0.25, 0.3) is 0 Å². The van der Waals surface area contributed by atoms with Gasteiger partial charge in [0.1, 0.15) is 6.33 Å². The smallest absolute Gasteiger partial charge is 0.354 e. The van der Waals surface area contributed by atoms with Crippen LogP contribution in [0.15, 0.2) is 30.6 Å². The molecule has 1 fully saturated rings. The first-order valence-electron chi connectivity index (χ1n) is 8.90. The Morgan fingerprint density at radius 3 is 2.69 bits per heavy atom. The van der Waals surface area contributed by atoms with Gasteiger partial charge in [0.2, 0.25) is 11.6 Å². The molecule has 1 aliphatic heterocycles. The summed E-state index contributed by atoms with van der Waals surface area (Å²) in [6, 6.07) is 6.45. The Morgan fingerprint density at radius 2 is 1.97 bits per heavy atom. The van der Waals surface area contributed by atoms with Gasteiger partial charge in [-0.05, 0) is 12.1 Å². The van der Waals surface area contributed by atoms with Crippen LogP contribution in [0.5, 0.6) is 0 Å². The molecule has 0 radical (unpaired) electrons. The Labute approximate surface area is 171 Å². The lowest BCUT2D eigenvalue weighted by molar-refractivity contribution is -0.383. The predicted octanol–water partition coefficient (Wildman–Crippen LogP) is 1.54. The minimum Gasteiger partial charge on any atom is -0.379 e. The third-order valence-electron chi connectivity index (χ3n) is 4.24. The number of ether oxygens (including phenoxy) is 1. The maximum Gasteiger partial charge on any atom is 0.354 e. The average Bonchev–Trinajstić information content (AvgIpc) is 2.73. The number of hydrogen-bond donors (Lipinski definition) is 3. The van der Waals surface area contributed by atoms with E-state index in [1.807, 2.05) is 0 Å². The molecule has 0 bridgehead atoms. The molecule has 0 unspecified atom stereocenters. The van der Waals surface area contributed by atoms with E-state index in [2.05, 4.69) is 31.0 Å². The molecule has 29 heavy (non-hydrogen) atoms. The molecule has 2 aromatic rings. The standard InChI is InChI=1S/C17H20ClN7O4/c18-13-4-2-1-3-12(13)17(26)23-22-16-14(25(27)28)15(20-11-21-16)19-5-6-24-7-9-29-10-8-24/h1-4,11H,5-10H2,(H,23,26)(H2,19,20,21,22). The molecule has 1 amide bonds. The Kier molecular flexibility index (Phi) is 7.11. The molecule has 0 saturated carbocycles. The number of morpholine rings is 1. The normalized spacial score (nSPS) is 14.2. The molecule has 1 aliphatic rings. The van der Waals surface area contributed by atoms with E-state index in [0.29, 0.717) is 26.3 Å². The lowest BCUT2D eigenvalue weighted by atomic mass is 10.2. The topological polar surface area (TPSA) is 135 Å². The summed E-state index contributed by atoms with van der Waals surface area (Å²) in [5, 5.41) is 14.8. The van der Waals surface area contributed by atoms with E-state index < -0.39 is 10.8 Å². The fraction of sp³-hybridized carbons (Fsp3) is 0.353. The average molecular weight is 422 g/mol. The second kappa shape index (κ2) is 9.96. The summed E-state index contributed by atoms with van der Waals surface area (Å²) in [5.74, 6) is -0.627. The molecule has 3 rings (SSSR count). The van der Waals surface area contributed by atoms with Crippen molar-refractivity contribution in [1.82, 2.24) is 20.3 Å². The van der Waals surface area contributed by atoms with E-state index in [-0.39, 0.29) is 27.9 Å². The number of nitrogens with zero attached hydrogens (tertiary/aromatic N) is 4. The molecule has 0 atom stereocenters. The number of nitrogens with one attached hydrogen (secondary N) is 3. The number of halogens is 1. The second-order valence-corrected chi connectivity index (χ2v) is 6.52. The number of amides is 1. The van der Waals surface area contributed by atoms with Gasteiger partial charge in [-0.15, -0.1) is 0 Å². The van der Waals surface area contributed by atoms with Crippen molar-refractivity contribution in [3.05, 3.63) is 51.3 Å². The first kappa shape index (κ1) is 20.7. The molecule has 1 saturated heterocycles. The number of carbonyl (C=O) groups is 1. The maximum absolute atomic E-state index is 12.2. The van der Waals surface area contributed by atoms with Crippen LogP contribution in [-0.2, 0) is 4.74 Å². The van der Waals surface area contributed by atoms with Gasteiger partial charge in [-0.25, -0.2) is 9.97 Å². The Hall–Kier alpha value is -3.02. The summed E-state index contributed by atoms with van der Waals surface area (Å²) in [7, 11) is 0. The second-order valence-electron chi connectivity index (χ2n) is 6.12. The van der Waals surface area contributed by atoms with Gasteiger partial charge < -0.3 is 10.1 Å². The van der Waals surface area contributed by atoms with Crippen LogP contribution in [0.1, 0.15) is 10.4 Å². The Balaban J connectivity index is 1.65. The van der Waals surface area contributed by atoms with E-state index in [0.717, 1.165) is 13.1 Å². The van der Waals surface area contributed by atoms with Gasteiger partial charge in [0.25, 0.3) is 5.91 Å². The van der Waals surface area contributed by atoms with Gasteiger partial charge in [0.15, 0.2) is 0 Å². The molecule has 11 nitrogen and oxygen atoms in total. The summed E-state index contributed by atoms with van der Waals surface area (Å²) >= 11 is 5.98. The summed E-state index contributed by atoms with van der Waals surface area (Å²) in [5.41, 5.74) is 4.71. The maximum atomic E-state index is 12.2. The third-order valence-corrected chi connectivity index (χ3v) is 4.57. The van der Waals surface area contributed by atoms with Crippen molar-refractivity contribution in [2.24, 2.45) is 0 Å². The van der Waals surface area contributed by atoms with Gasteiger partial charge in [-0.2, -0.15) is 0 Å². The van der Waals surface area contributed by atoms with Gasteiger partial charge in [0.05, 0.1) is 28.7 Å².